The van der Waals surface area contributed by atoms with Crippen molar-refractivity contribution in [2.45, 2.75) is 71.4 Å². The van der Waals surface area contributed by atoms with Crippen LogP contribution in [0.5, 0.6) is 0 Å². The van der Waals surface area contributed by atoms with Crippen LogP contribution in [0.1, 0.15) is 65.8 Å². The fourth-order valence-corrected chi connectivity index (χ4v) is 5.17. The molecule has 3 N–H and O–H groups in total. The summed E-state index contributed by atoms with van der Waals surface area (Å²) in [5, 5.41) is 17.9. The fraction of sp³-hybridized carbons (Fsp3) is 0.429. The average molecular weight is 530 g/mol. The second-order valence-electron chi connectivity index (χ2n) is 10.3. The van der Waals surface area contributed by atoms with Crippen molar-refractivity contribution in [3.63, 3.8) is 0 Å². The molecule has 0 radical (unpaired) electrons. The SMILES string of the molecule is COC1(C(=O)NCc2ccc(-n3nc(C)cc3C)nc2)CCC(c2nc(C)cc(Nc3cc(C)[nH]n3)n2)CC1. The number of hydrogen-bond acceptors (Lipinski definition) is 8. The quantitative estimate of drug-likeness (QED) is 0.310. The van der Waals surface area contributed by atoms with E-state index in [1.54, 1.807) is 13.3 Å². The number of aromatic amines is 1. The van der Waals surface area contributed by atoms with E-state index in [1.807, 2.05) is 62.7 Å². The van der Waals surface area contributed by atoms with Gasteiger partial charge in [0, 0.05) is 55.0 Å². The molecule has 1 amide bonds. The molecule has 204 valence electrons. The van der Waals surface area contributed by atoms with E-state index in [4.69, 9.17) is 14.7 Å². The van der Waals surface area contributed by atoms with E-state index in [0.29, 0.717) is 31.0 Å². The lowest BCUT2D eigenvalue weighted by molar-refractivity contribution is -0.148. The average Bonchev–Trinajstić information content (AvgIpc) is 3.50. The molecule has 11 nitrogen and oxygen atoms in total. The molecule has 11 heteroatoms. The summed E-state index contributed by atoms with van der Waals surface area (Å²) in [4.78, 5) is 27.3. The molecule has 0 aliphatic heterocycles. The number of carbonyl (C=O) groups excluding carboxylic acids is 1. The lowest BCUT2D eigenvalue weighted by Crippen LogP contribution is -2.50. The summed E-state index contributed by atoms with van der Waals surface area (Å²) in [6.07, 6.45) is 4.46. The molecule has 1 fully saturated rings. The topological polar surface area (TPSA) is 136 Å². The number of H-pyrrole nitrogens is 1. The summed E-state index contributed by atoms with van der Waals surface area (Å²) in [7, 11) is 1.61. The van der Waals surface area contributed by atoms with Crippen LogP contribution in [0, 0.1) is 27.7 Å². The number of methoxy groups -OCH3 is 1. The van der Waals surface area contributed by atoms with Crippen LogP contribution in [-0.2, 0) is 16.1 Å². The third-order valence-corrected chi connectivity index (χ3v) is 7.29. The van der Waals surface area contributed by atoms with Gasteiger partial charge in [0.15, 0.2) is 11.6 Å². The van der Waals surface area contributed by atoms with E-state index in [0.717, 1.165) is 52.8 Å². The highest BCUT2D eigenvalue weighted by molar-refractivity contribution is 5.85. The Labute approximate surface area is 227 Å². The lowest BCUT2D eigenvalue weighted by Gasteiger charge is -2.37. The van der Waals surface area contributed by atoms with Crippen LogP contribution in [0.15, 0.2) is 36.5 Å². The first-order chi connectivity index (χ1) is 18.7. The van der Waals surface area contributed by atoms with E-state index in [-0.39, 0.29) is 11.8 Å². The van der Waals surface area contributed by atoms with Crippen LogP contribution in [0.2, 0.25) is 0 Å². The monoisotopic (exact) mass is 529 g/mol. The highest BCUT2D eigenvalue weighted by Crippen LogP contribution is 2.39. The Kier molecular flexibility index (Phi) is 7.42. The van der Waals surface area contributed by atoms with Gasteiger partial charge in [0.2, 0.25) is 0 Å². The Morgan fingerprint density at radius 1 is 1.08 bits per heavy atom. The molecule has 0 aromatic carbocycles. The number of nitrogens with one attached hydrogen (secondary N) is 3. The molecular weight excluding hydrogens is 494 g/mol. The van der Waals surface area contributed by atoms with Crippen LogP contribution in [-0.4, -0.2) is 53.5 Å². The minimum atomic E-state index is -0.870. The van der Waals surface area contributed by atoms with E-state index in [2.05, 4.69) is 30.9 Å². The second-order valence-corrected chi connectivity index (χ2v) is 10.3. The van der Waals surface area contributed by atoms with Crippen LogP contribution in [0.3, 0.4) is 0 Å². The second kappa shape index (κ2) is 10.9. The zero-order chi connectivity index (χ0) is 27.6. The van der Waals surface area contributed by atoms with Crippen molar-refractivity contribution in [1.29, 1.82) is 0 Å². The predicted molar refractivity (Wildman–Crippen MR) is 147 cm³/mol. The Hall–Kier alpha value is -4.12. The third kappa shape index (κ3) is 5.83. The van der Waals surface area contributed by atoms with E-state index in [1.165, 1.54) is 0 Å². The first kappa shape index (κ1) is 26.5. The van der Waals surface area contributed by atoms with Crippen LogP contribution >= 0.6 is 0 Å². The molecule has 0 saturated heterocycles. The zero-order valence-electron chi connectivity index (χ0n) is 23.1. The largest absolute Gasteiger partial charge is 0.368 e. The van der Waals surface area contributed by atoms with Crippen molar-refractivity contribution < 1.29 is 9.53 Å². The molecule has 4 heterocycles. The van der Waals surface area contributed by atoms with Crippen LogP contribution in [0.25, 0.3) is 5.82 Å². The van der Waals surface area contributed by atoms with Gasteiger partial charge < -0.3 is 15.4 Å². The number of carbonyl (C=O) groups is 1. The van der Waals surface area contributed by atoms with E-state index < -0.39 is 5.60 Å². The Bertz CT molecular complexity index is 1450. The lowest BCUT2D eigenvalue weighted by atomic mass is 9.77. The van der Waals surface area contributed by atoms with Gasteiger partial charge in [-0.3, -0.25) is 9.89 Å². The van der Waals surface area contributed by atoms with Crippen LogP contribution in [0.4, 0.5) is 11.6 Å². The number of aryl methyl sites for hydroxylation is 4. The standard InChI is InChI=1S/C28H35N9O2/c1-17-13-23(32-24-14-18(2)34-35-24)33-26(31-17)22-8-10-28(39-5,11-9-22)27(38)30-16-21-6-7-25(29-15-21)37-20(4)12-19(3)36-37/h6-7,12-15,22H,8-11,16H2,1-5H3,(H,30,38)(H2,31,32,33,34,35). The number of aromatic nitrogens is 7. The predicted octanol–water partition coefficient (Wildman–Crippen LogP) is 4.12. The van der Waals surface area contributed by atoms with Crippen molar-refractivity contribution >= 4 is 17.5 Å². The van der Waals surface area contributed by atoms with Gasteiger partial charge in [0.1, 0.15) is 17.2 Å². The van der Waals surface area contributed by atoms with E-state index in [9.17, 15) is 4.79 Å². The van der Waals surface area contributed by atoms with Crippen molar-refractivity contribution in [3.05, 3.63) is 70.7 Å². The molecule has 1 aliphatic carbocycles. The zero-order valence-corrected chi connectivity index (χ0v) is 23.1. The molecule has 0 atom stereocenters. The first-order valence-electron chi connectivity index (χ1n) is 13.2. The summed E-state index contributed by atoms with van der Waals surface area (Å²) in [6.45, 7) is 8.24. The van der Waals surface area contributed by atoms with Gasteiger partial charge in [-0.25, -0.2) is 19.6 Å². The minimum absolute atomic E-state index is 0.104. The highest BCUT2D eigenvalue weighted by Gasteiger charge is 2.42. The summed E-state index contributed by atoms with van der Waals surface area (Å²) in [5.41, 5.74) is 3.86. The normalized spacial score (nSPS) is 19.2. The number of amides is 1. The molecule has 39 heavy (non-hydrogen) atoms. The maximum atomic E-state index is 13.3. The molecule has 1 saturated carbocycles. The number of nitrogens with zero attached hydrogens (tertiary/aromatic N) is 6. The van der Waals surface area contributed by atoms with Gasteiger partial charge in [-0.05, 0) is 71.1 Å². The Balaban J connectivity index is 1.19. The summed E-state index contributed by atoms with van der Waals surface area (Å²) in [6, 6.07) is 9.71. The third-order valence-electron chi connectivity index (χ3n) is 7.29. The van der Waals surface area contributed by atoms with Gasteiger partial charge >= 0.3 is 0 Å². The highest BCUT2D eigenvalue weighted by atomic mass is 16.5. The number of anilines is 2. The maximum absolute atomic E-state index is 13.3. The molecular formula is C28H35N9O2. The summed E-state index contributed by atoms with van der Waals surface area (Å²) >= 11 is 0. The number of ether oxygens (including phenoxy) is 1. The van der Waals surface area contributed by atoms with Crippen molar-refractivity contribution in [2.24, 2.45) is 0 Å². The number of pyridine rings is 1. The smallest absolute Gasteiger partial charge is 0.252 e. The number of rotatable bonds is 8. The van der Waals surface area contributed by atoms with Crippen molar-refractivity contribution in [3.8, 4) is 5.82 Å². The van der Waals surface area contributed by atoms with Crippen molar-refractivity contribution in [1.82, 2.24) is 40.2 Å². The van der Waals surface area contributed by atoms with E-state index >= 15 is 0 Å². The van der Waals surface area contributed by atoms with Gasteiger partial charge in [-0.1, -0.05) is 6.07 Å². The Morgan fingerprint density at radius 2 is 1.87 bits per heavy atom. The summed E-state index contributed by atoms with van der Waals surface area (Å²) in [5.74, 6) is 3.00. The fourth-order valence-electron chi connectivity index (χ4n) is 5.17. The molecule has 4 aromatic rings. The van der Waals surface area contributed by atoms with Crippen molar-refractivity contribution in [2.75, 3.05) is 12.4 Å². The van der Waals surface area contributed by atoms with Gasteiger partial charge in [-0.2, -0.15) is 10.2 Å². The maximum Gasteiger partial charge on any atom is 0.252 e. The number of hydrogen-bond donors (Lipinski definition) is 3. The van der Waals surface area contributed by atoms with Gasteiger partial charge in [0.05, 0.1) is 5.69 Å². The molecule has 5 rings (SSSR count). The first-order valence-corrected chi connectivity index (χ1v) is 13.2. The molecule has 1 aliphatic rings. The van der Waals surface area contributed by atoms with Crippen LogP contribution < -0.4 is 10.6 Å². The molecule has 0 bridgehead atoms. The summed E-state index contributed by atoms with van der Waals surface area (Å²) < 4.78 is 7.64. The molecule has 0 unspecified atom stereocenters. The minimum Gasteiger partial charge on any atom is -0.368 e. The van der Waals surface area contributed by atoms with Gasteiger partial charge in [-0.15, -0.1) is 0 Å². The molecule has 0 spiro atoms. The van der Waals surface area contributed by atoms with Gasteiger partial charge in [0.25, 0.3) is 5.91 Å². The molecule has 4 aromatic heterocycles. The Morgan fingerprint density at radius 3 is 2.49 bits per heavy atom.